The summed E-state index contributed by atoms with van der Waals surface area (Å²) in [5, 5.41) is 8.76. The third kappa shape index (κ3) is 2.49. The lowest BCUT2D eigenvalue weighted by molar-refractivity contribution is -0.147. The molecular formula is C12H22O2. The van der Waals surface area contributed by atoms with E-state index in [0.717, 1.165) is 12.8 Å². The van der Waals surface area contributed by atoms with E-state index in [1.54, 1.807) is 0 Å². The maximum atomic E-state index is 10.6. The largest absolute Gasteiger partial charge is 0.481 e. The number of rotatable bonds is 4. The molecule has 2 nitrogen and oxygen atoms in total. The molecule has 0 bridgehead atoms. The standard InChI is InChI=1S/C12H22O2/c1-8(2)12(3,4)7-9-5-10(6-9)11(13)14/h8-10H,5-7H2,1-4H3,(H,13,14). The van der Waals surface area contributed by atoms with Gasteiger partial charge in [0.2, 0.25) is 0 Å². The van der Waals surface area contributed by atoms with Crippen molar-refractivity contribution < 1.29 is 9.90 Å². The van der Waals surface area contributed by atoms with Crippen LogP contribution in [0.2, 0.25) is 0 Å². The maximum absolute atomic E-state index is 10.6. The van der Waals surface area contributed by atoms with Crippen molar-refractivity contribution >= 4 is 5.97 Å². The summed E-state index contributed by atoms with van der Waals surface area (Å²) in [4.78, 5) is 10.6. The Labute approximate surface area is 86.7 Å². The van der Waals surface area contributed by atoms with E-state index in [0.29, 0.717) is 17.3 Å². The highest BCUT2D eigenvalue weighted by molar-refractivity contribution is 5.71. The zero-order valence-corrected chi connectivity index (χ0v) is 9.71. The predicted molar refractivity (Wildman–Crippen MR) is 57.1 cm³/mol. The SMILES string of the molecule is CC(C)C(C)(C)CC1CC(C(=O)O)C1. The van der Waals surface area contributed by atoms with Gasteiger partial charge in [-0.3, -0.25) is 4.79 Å². The Hall–Kier alpha value is -0.530. The first-order chi connectivity index (χ1) is 6.33. The maximum Gasteiger partial charge on any atom is 0.306 e. The van der Waals surface area contributed by atoms with Crippen LogP contribution in [-0.2, 0) is 4.79 Å². The third-order valence-corrected chi connectivity index (χ3v) is 3.96. The molecule has 0 saturated heterocycles. The van der Waals surface area contributed by atoms with Crippen LogP contribution in [-0.4, -0.2) is 11.1 Å². The first-order valence-corrected chi connectivity index (χ1v) is 5.55. The Kier molecular flexibility index (Phi) is 3.23. The summed E-state index contributed by atoms with van der Waals surface area (Å²) in [7, 11) is 0. The first kappa shape index (κ1) is 11.5. The molecule has 1 rings (SSSR count). The molecule has 1 fully saturated rings. The number of hydrogen-bond acceptors (Lipinski definition) is 1. The van der Waals surface area contributed by atoms with Crippen LogP contribution in [0.3, 0.4) is 0 Å². The van der Waals surface area contributed by atoms with Gasteiger partial charge in [-0.05, 0) is 36.5 Å². The van der Waals surface area contributed by atoms with Gasteiger partial charge in [-0.15, -0.1) is 0 Å². The summed E-state index contributed by atoms with van der Waals surface area (Å²) in [5.74, 6) is 0.659. The van der Waals surface area contributed by atoms with Crippen molar-refractivity contribution in [3.63, 3.8) is 0 Å². The lowest BCUT2D eigenvalue weighted by Crippen LogP contribution is -2.34. The van der Waals surface area contributed by atoms with E-state index < -0.39 is 5.97 Å². The topological polar surface area (TPSA) is 37.3 Å². The molecule has 0 amide bonds. The highest BCUT2D eigenvalue weighted by Crippen LogP contribution is 2.44. The van der Waals surface area contributed by atoms with E-state index in [2.05, 4.69) is 27.7 Å². The van der Waals surface area contributed by atoms with E-state index >= 15 is 0 Å². The third-order valence-electron chi connectivity index (χ3n) is 3.96. The van der Waals surface area contributed by atoms with Gasteiger partial charge in [0.15, 0.2) is 0 Å². The molecule has 1 aliphatic carbocycles. The van der Waals surface area contributed by atoms with Crippen molar-refractivity contribution in [1.29, 1.82) is 0 Å². The first-order valence-electron chi connectivity index (χ1n) is 5.55. The van der Waals surface area contributed by atoms with E-state index in [4.69, 9.17) is 5.11 Å². The fourth-order valence-corrected chi connectivity index (χ4v) is 2.08. The summed E-state index contributed by atoms with van der Waals surface area (Å²) in [6, 6.07) is 0. The molecule has 0 atom stereocenters. The van der Waals surface area contributed by atoms with E-state index in [-0.39, 0.29) is 5.92 Å². The Morgan fingerprint density at radius 1 is 1.43 bits per heavy atom. The van der Waals surface area contributed by atoms with Gasteiger partial charge in [0, 0.05) is 0 Å². The van der Waals surface area contributed by atoms with Crippen LogP contribution in [0.5, 0.6) is 0 Å². The van der Waals surface area contributed by atoms with Crippen molar-refractivity contribution in [3.05, 3.63) is 0 Å². The second-order valence-corrected chi connectivity index (χ2v) is 5.72. The second kappa shape index (κ2) is 3.92. The number of carbonyl (C=O) groups is 1. The minimum absolute atomic E-state index is 0.0528. The number of aliphatic carboxylic acids is 1. The average molecular weight is 198 g/mol. The van der Waals surface area contributed by atoms with Gasteiger partial charge < -0.3 is 5.11 Å². The summed E-state index contributed by atoms with van der Waals surface area (Å²) in [6.45, 7) is 9.05. The van der Waals surface area contributed by atoms with Gasteiger partial charge >= 0.3 is 5.97 Å². The van der Waals surface area contributed by atoms with E-state index in [1.165, 1.54) is 6.42 Å². The monoisotopic (exact) mass is 198 g/mol. The van der Waals surface area contributed by atoms with Crippen LogP contribution >= 0.6 is 0 Å². The Morgan fingerprint density at radius 2 is 1.93 bits per heavy atom. The highest BCUT2D eigenvalue weighted by atomic mass is 16.4. The number of hydrogen-bond donors (Lipinski definition) is 1. The molecule has 0 heterocycles. The molecular weight excluding hydrogens is 176 g/mol. The molecule has 1 aliphatic rings. The smallest absolute Gasteiger partial charge is 0.306 e. The Balaban J connectivity index is 2.32. The van der Waals surface area contributed by atoms with Crippen LogP contribution in [0, 0.1) is 23.2 Å². The number of carboxylic acids is 1. The van der Waals surface area contributed by atoms with Gasteiger partial charge in [0.25, 0.3) is 0 Å². The van der Waals surface area contributed by atoms with Crippen molar-refractivity contribution in [2.24, 2.45) is 23.2 Å². The normalized spacial score (nSPS) is 27.5. The fraction of sp³-hybridized carbons (Fsp3) is 0.917. The molecule has 0 aromatic rings. The van der Waals surface area contributed by atoms with E-state index in [9.17, 15) is 4.79 Å². The fourth-order valence-electron chi connectivity index (χ4n) is 2.08. The van der Waals surface area contributed by atoms with Crippen LogP contribution in [0.1, 0.15) is 47.0 Å². The quantitative estimate of drug-likeness (QED) is 0.753. The molecule has 0 unspecified atom stereocenters. The van der Waals surface area contributed by atoms with Crippen molar-refractivity contribution in [2.75, 3.05) is 0 Å². The molecule has 0 spiro atoms. The highest BCUT2D eigenvalue weighted by Gasteiger charge is 2.38. The van der Waals surface area contributed by atoms with Crippen LogP contribution in [0.25, 0.3) is 0 Å². The molecule has 14 heavy (non-hydrogen) atoms. The zero-order valence-electron chi connectivity index (χ0n) is 9.71. The van der Waals surface area contributed by atoms with Crippen molar-refractivity contribution in [2.45, 2.75) is 47.0 Å². The average Bonchev–Trinajstić information content (AvgIpc) is 1.94. The van der Waals surface area contributed by atoms with E-state index in [1.807, 2.05) is 0 Å². The van der Waals surface area contributed by atoms with Gasteiger partial charge in [0.05, 0.1) is 5.92 Å². The van der Waals surface area contributed by atoms with Gasteiger partial charge in [-0.1, -0.05) is 27.7 Å². The Bertz CT molecular complexity index is 212. The molecule has 82 valence electrons. The van der Waals surface area contributed by atoms with Gasteiger partial charge in [0.1, 0.15) is 0 Å². The summed E-state index contributed by atoms with van der Waals surface area (Å²) in [6.07, 6.45) is 2.96. The predicted octanol–water partition coefficient (Wildman–Crippen LogP) is 3.17. The Morgan fingerprint density at radius 3 is 2.29 bits per heavy atom. The molecule has 2 heteroatoms. The molecule has 0 aromatic heterocycles. The number of carboxylic acid groups (broad SMARTS) is 1. The van der Waals surface area contributed by atoms with Crippen molar-refractivity contribution in [1.82, 2.24) is 0 Å². The molecule has 0 aliphatic heterocycles. The minimum Gasteiger partial charge on any atom is -0.481 e. The molecule has 1 saturated carbocycles. The lowest BCUT2D eigenvalue weighted by atomic mass is 9.65. The summed E-state index contributed by atoms with van der Waals surface area (Å²) < 4.78 is 0. The zero-order chi connectivity index (χ0) is 10.9. The van der Waals surface area contributed by atoms with Crippen molar-refractivity contribution in [3.8, 4) is 0 Å². The molecule has 1 N–H and O–H groups in total. The van der Waals surface area contributed by atoms with Crippen LogP contribution in [0.4, 0.5) is 0 Å². The molecule has 0 radical (unpaired) electrons. The van der Waals surface area contributed by atoms with Gasteiger partial charge in [-0.2, -0.15) is 0 Å². The summed E-state index contributed by atoms with van der Waals surface area (Å²) >= 11 is 0. The van der Waals surface area contributed by atoms with Crippen LogP contribution in [0.15, 0.2) is 0 Å². The summed E-state index contributed by atoms with van der Waals surface area (Å²) in [5.41, 5.74) is 0.355. The minimum atomic E-state index is -0.608. The second-order valence-electron chi connectivity index (χ2n) is 5.72. The van der Waals surface area contributed by atoms with Crippen LogP contribution < -0.4 is 0 Å². The van der Waals surface area contributed by atoms with Gasteiger partial charge in [-0.25, -0.2) is 0 Å². The molecule has 0 aromatic carbocycles. The lowest BCUT2D eigenvalue weighted by Gasteiger charge is -2.40.